The molecule has 0 aliphatic carbocycles. The lowest BCUT2D eigenvalue weighted by atomic mass is 10.1. The summed E-state index contributed by atoms with van der Waals surface area (Å²) in [6, 6.07) is 5.58. The number of aliphatic hydroxyl groups excluding tert-OH is 1. The molecule has 0 spiro atoms. The molecule has 0 saturated carbocycles. The van der Waals surface area contributed by atoms with E-state index in [1.165, 1.54) is 0 Å². The van der Waals surface area contributed by atoms with Crippen LogP contribution in [-0.4, -0.2) is 31.3 Å². The van der Waals surface area contributed by atoms with E-state index in [-0.39, 0.29) is 18.4 Å². The number of carbonyl (C=O) groups is 1. The Hall–Kier alpha value is -1.83. The molecule has 108 valence electrons. The van der Waals surface area contributed by atoms with Crippen LogP contribution in [0.25, 0.3) is 0 Å². The fraction of sp³-hybridized carbons (Fsp3) is 0.438. The zero-order valence-electron chi connectivity index (χ0n) is 12.2. The molecule has 0 radical (unpaired) electrons. The highest BCUT2D eigenvalue weighted by molar-refractivity contribution is 5.91. The summed E-state index contributed by atoms with van der Waals surface area (Å²) < 4.78 is 5.02. The number of aryl methyl sites for hydroxylation is 1. The zero-order valence-corrected chi connectivity index (χ0v) is 12.2. The van der Waals surface area contributed by atoms with Crippen molar-refractivity contribution in [3.05, 3.63) is 29.3 Å². The number of hydrogen-bond acceptors (Lipinski definition) is 3. The van der Waals surface area contributed by atoms with E-state index >= 15 is 0 Å². The highest BCUT2D eigenvalue weighted by Crippen LogP contribution is 2.17. The molecule has 1 rings (SSSR count). The first kappa shape index (κ1) is 16.2. The average molecular weight is 275 g/mol. The van der Waals surface area contributed by atoms with Crippen LogP contribution in [0.15, 0.2) is 18.2 Å². The molecule has 0 bridgehead atoms. The van der Waals surface area contributed by atoms with Gasteiger partial charge < -0.3 is 15.2 Å². The number of benzene rings is 1. The molecule has 1 unspecified atom stereocenters. The predicted molar refractivity (Wildman–Crippen MR) is 79.4 cm³/mol. The Kier molecular flexibility index (Phi) is 6.78. The number of amides is 1. The van der Waals surface area contributed by atoms with Crippen molar-refractivity contribution in [1.29, 1.82) is 0 Å². The van der Waals surface area contributed by atoms with E-state index in [9.17, 15) is 4.79 Å². The van der Waals surface area contributed by atoms with Crippen molar-refractivity contribution in [2.24, 2.45) is 5.92 Å². The smallest absolute Gasteiger partial charge is 0.224 e. The topological polar surface area (TPSA) is 58.6 Å². The van der Waals surface area contributed by atoms with Gasteiger partial charge in [0.25, 0.3) is 0 Å². The lowest BCUT2D eigenvalue weighted by Gasteiger charge is -2.12. The molecule has 0 aliphatic heterocycles. The number of aliphatic hydroxyl groups is 1. The summed E-state index contributed by atoms with van der Waals surface area (Å²) in [5.74, 6) is 5.56. The molecule has 2 N–H and O–H groups in total. The number of hydrogen-bond donors (Lipinski definition) is 2. The second-order valence-electron chi connectivity index (χ2n) is 4.80. The number of carbonyl (C=O) groups excluding carboxylic acids is 1. The SMILES string of the molecule is COCC(C)CC(=O)Nc1cc(C#CCO)ccc1C. The lowest BCUT2D eigenvalue weighted by Crippen LogP contribution is -2.18. The molecule has 0 fully saturated rings. The minimum atomic E-state index is -0.176. The van der Waals surface area contributed by atoms with Crippen molar-refractivity contribution in [1.82, 2.24) is 0 Å². The molecular weight excluding hydrogens is 254 g/mol. The Balaban J connectivity index is 2.73. The average Bonchev–Trinajstić information content (AvgIpc) is 2.39. The van der Waals surface area contributed by atoms with E-state index in [2.05, 4.69) is 17.2 Å². The van der Waals surface area contributed by atoms with Crippen molar-refractivity contribution in [2.45, 2.75) is 20.3 Å². The van der Waals surface area contributed by atoms with Crippen LogP contribution in [0.2, 0.25) is 0 Å². The zero-order chi connectivity index (χ0) is 15.0. The van der Waals surface area contributed by atoms with Crippen molar-refractivity contribution >= 4 is 11.6 Å². The van der Waals surface area contributed by atoms with E-state index < -0.39 is 0 Å². The monoisotopic (exact) mass is 275 g/mol. The minimum Gasteiger partial charge on any atom is -0.384 e. The van der Waals surface area contributed by atoms with E-state index in [0.717, 1.165) is 16.8 Å². The summed E-state index contributed by atoms with van der Waals surface area (Å²) in [6.45, 7) is 4.29. The maximum atomic E-state index is 11.9. The van der Waals surface area contributed by atoms with Crippen LogP contribution >= 0.6 is 0 Å². The highest BCUT2D eigenvalue weighted by atomic mass is 16.5. The Labute approximate surface area is 120 Å². The van der Waals surface area contributed by atoms with Gasteiger partial charge in [-0.05, 0) is 30.5 Å². The van der Waals surface area contributed by atoms with Crippen molar-refractivity contribution in [2.75, 3.05) is 25.6 Å². The highest BCUT2D eigenvalue weighted by Gasteiger charge is 2.10. The Morgan fingerprint density at radius 1 is 1.50 bits per heavy atom. The van der Waals surface area contributed by atoms with Gasteiger partial charge in [-0.3, -0.25) is 4.79 Å². The van der Waals surface area contributed by atoms with Gasteiger partial charge in [0.2, 0.25) is 5.91 Å². The maximum Gasteiger partial charge on any atom is 0.224 e. The third-order valence-electron chi connectivity index (χ3n) is 2.81. The van der Waals surface area contributed by atoms with Gasteiger partial charge in [-0.2, -0.15) is 0 Å². The van der Waals surface area contributed by atoms with Gasteiger partial charge in [-0.15, -0.1) is 0 Å². The van der Waals surface area contributed by atoms with Gasteiger partial charge in [0.1, 0.15) is 6.61 Å². The van der Waals surface area contributed by atoms with Crippen molar-refractivity contribution in [3.63, 3.8) is 0 Å². The number of anilines is 1. The van der Waals surface area contributed by atoms with E-state index in [1.54, 1.807) is 7.11 Å². The normalized spacial score (nSPS) is 11.4. The third kappa shape index (κ3) is 5.43. The van der Waals surface area contributed by atoms with Crippen LogP contribution in [0, 0.1) is 24.7 Å². The van der Waals surface area contributed by atoms with Crippen molar-refractivity contribution < 1.29 is 14.6 Å². The quantitative estimate of drug-likeness (QED) is 0.808. The van der Waals surface area contributed by atoms with Gasteiger partial charge in [0.05, 0.1) is 0 Å². The number of nitrogens with one attached hydrogen (secondary N) is 1. The van der Waals surface area contributed by atoms with Crippen molar-refractivity contribution in [3.8, 4) is 11.8 Å². The molecule has 1 aromatic carbocycles. The Bertz CT molecular complexity index is 514. The lowest BCUT2D eigenvalue weighted by molar-refractivity contribution is -0.117. The molecule has 0 aliphatic rings. The van der Waals surface area contributed by atoms with Crippen LogP contribution in [0.3, 0.4) is 0 Å². The van der Waals surface area contributed by atoms with Crippen LogP contribution in [0.1, 0.15) is 24.5 Å². The number of rotatable bonds is 5. The summed E-state index contributed by atoms with van der Waals surface area (Å²) in [5.41, 5.74) is 2.50. The second-order valence-corrected chi connectivity index (χ2v) is 4.80. The van der Waals surface area contributed by atoms with Gasteiger partial charge in [0.15, 0.2) is 0 Å². The van der Waals surface area contributed by atoms with E-state index in [0.29, 0.717) is 13.0 Å². The van der Waals surface area contributed by atoms with E-state index in [1.807, 2.05) is 32.0 Å². The summed E-state index contributed by atoms with van der Waals surface area (Å²) >= 11 is 0. The first-order valence-corrected chi connectivity index (χ1v) is 6.56. The van der Waals surface area contributed by atoms with Crippen LogP contribution in [0.5, 0.6) is 0 Å². The van der Waals surface area contributed by atoms with Gasteiger partial charge in [-0.25, -0.2) is 0 Å². The molecule has 0 aromatic heterocycles. The summed E-state index contributed by atoms with van der Waals surface area (Å²) in [4.78, 5) is 11.9. The Morgan fingerprint density at radius 3 is 2.90 bits per heavy atom. The summed E-state index contributed by atoms with van der Waals surface area (Å²) in [6.07, 6.45) is 0.416. The molecule has 1 amide bonds. The third-order valence-corrected chi connectivity index (χ3v) is 2.81. The van der Waals surface area contributed by atoms with Crippen LogP contribution in [-0.2, 0) is 9.53 Å². The maximum absolute atomic E-state index is 11.9. The first-order chi connectivity index (χ1) is 9.56. The molecule has 4 heteroatoms. The molecule has 1 atom stereocenters. The molecule has 0 heterocycles. The fourth-order valence-electron chi connectivity index (χ4n) is 1.84. The molecule has 20 heavy (non-hydrogen) atoms. The van der Waals surface area contributed by atoms with Crippen LogP contribution in [0.4, 0.5) is 5.69 Å². The largest absolute Gasteiger partial charge is 0.384 e. The number of ether oxygens (including phenoxy) is 1. The predicted octanol–water partition coefficient (Wildman–Crippen LogP) is 1.95. The molecule has 1 aromatic rings. The van der Waals surface area contributed by atoms with Gasteiger partial charge >= 0.3 is 0 Å². The molecular formula is C16H21NO3. The van der Waals surface area contributed by atoms with Gasteiger partial charge in [0, 0.05) is 31.4 Å². The second kappa shape index (κ2) is 8.36. The molecule has 4 nitrogen and oxygen atoms in total. The standard InChI is InChI=1S/C16H21NO3/c1-12(11-20-3)9-16(19)17-15-10-14(5-4-8-18)7-6-13(15)2/h6-7,10,12,18H,8-9,11H2,1-3H3,(H,17,19). The minimum absolute atomic E-state index is 0.0371. The van der Waals surface area contributed by atoms with Gasteiger partial charge in [-0.1, -0.05) is 24.8 Å². The fourth-order valence-corrected chi connectivity index (χ4v) is 1.84. The summed E-state index contributed by atoms with van der Waals surface area (Å²) in [5, 5.41) is 11.6. The van der Waals surface area contributed by atoms with Crippen LogP contribution < -0.4 is 5.32 Å². The number of methoxy groups -OCH3 is 1. The van der Waals surface area contributed by atoms with E-state index in [4.69, 9.17) is 9.84 Å². The Morgan fingerprint density at radius 2 is 2.25 bits per heavy atom. The summed E-state index contributed by atoms with van der Waals surface area (Å²) in [7, 11) is 1.63. The first-order valence-electron chi connectivity index (χ1n) is 6.56. The molecule has 0 saturated heterocycles.